The molecule has 1 N–H and O–H groups in total. The van der Waals surface area contributed by atoms with Gasteiger partial charge in [0.2, 0.25) is 5.91 Å². The van der Waals surface area contributed by atoms with Crippen molar-refractivity contribution >= 4 is 29.0 Å². The van der Waals surface area contributed by atoms with E-state index in [1.807, 2.05) is 24.3 Å². The third kappa shape index (κ3) is 2.91. The number of para-hydroxylation sites is 2. The highest BCUT2D eigenvalue weighted by molar-refractivity contribution is 5.82. The number of aromatic nitrogens is 1. The number of nitrogens with zero attached hydrogens (tertiary/aromatic N) is 3. The van der Waals surface area contributed by atoms with Crippen LogP contribution in [-0.4, -0.2) is 53.0 Å². The molecule has 0 saturated carbocycles. The molecule has 1 atom stereocenters. The summed E-state index contributed by atoms with van der Waals surface area (Å²) in [6.45, 7) is 4.00. The fraction of sp³-hybridized carbons (Fsp3) is 0.526. The standard InChI is InChI=1S/C19H23N3O4/c1-19(17(24)25)8-11-22(12-19)16(23)13-6-9-21(10-7-13)18-20-14-4-2-3-5-15(14)26-18/h2-5,13H,6-12H2,1H3,(H,24,25). The van der Waals surface area contributed by atoms with Gasteiger partial charge in [0.05, 0.1) is 5.41 Å². The molecule has 7 nitrogen and oxygen atoms in total. The second kappa shape index (κ2) is 6.30. The minimum atomic E-state index is -0.821. The lowest BCUT2D eigenvalue weighted by molar-refractivity contribution is -0.147. The molecule has 7 heteroatoms. The molecule has 26 heavy (non-hydrogen) atoms. The summed E-state index contributed by atoms with van der Waals surface area (Å²) in [6.07, 6.45) is 1.99. The second-order valence-corrected chi connectivity index (χ2v) is 7.60. The highest BCUT2D eigenvalue weighted by atomic mass is 16.4. The quantitative estimate of drug-likeness (QED) is 0.907. The molecule has 2 aliphatic heterocycles. The number of benzene rings is 1. The minimum Gasteiger partial charge on any atom is -0.481 e. The highest BCUT2D eigenvalue weighted by Crippen LogP contribution is 2.33. The summed E-state index contributed by atoms with van der Waals surface area (Å²) in [7, 11) is 0. The van der Waals surface area contributed by atoms with E-state index in [0.29, 0.717) is 38.6 Å². The molecular weight excluding hydrogens is 334 g/mol. The zero-order valence-corrected chi connectivity index (χ0v) is 14.9. The molecule has 2 aromatic rings. The van der Waals surface area contributed by atoms with E-state index in [-0.39, 0.29) is 11.8 Å². The predicted molar refractivity (Wildman–Crippen MR) is 95.9 cm³/mol. The molecule has 0 radical (unpaired) electrons. The number of rotatable bonds is 3. The number of carboxylic acid groups (broad SMARTS) is 1. The molecule has 3 heterocycles. The third-order valence-electron chi connectivity index (χ3n) is 5.70. The summed E-state index contributed by atoms with van der Waals surface area (Å²) in [5.74, 6) is -0.780. The Bertz CT molecular complexity index is 807. The molecular formula is C19H23N3O4. The van der Waals surface area contributed by atoms with E-state index in [4.69, 9.17) is 4.42 Å². The summed E-state index contributed by atoms with van der Waals surface area (Å²) in [6, 6.07) is 8.28. The largest absolute Gasteiger partial charge is 0.481 e. The Morgan fingerprint density at radius 2 is 1.96 bits per heavy atom. The molecule has 1 aromatic carbocycles. The van der Waals surface area contributed by atoms with Gasteiger partial charge in [-0.15, -0.1) is 0 Å². The van der Waals surface area contributed by atoms with E-state index >= 15 is 0 Å². The number of piperidine rings is 1. The molecule has 0 spiro atoms. The molecule has 2 saturated heterocycles. The molecule has 1 amide bonds. The Morgan fingerprint density at radius 1 is 1.23 bits per heavy atom. The summed E-state index contributed by atoms with van der Waals surface area (Å²) in [5.41, 5.74) is 0.797. The number of carbonyl (C=O) groups excluding carboxylic acids is 1. The van der Waals surface area contributed by atoms with E-state index in [2.05, 4.69) is 9.88 Å². The molecule has 2 fully saturated rings. The van der Waals surface area contributed by atoms with Gasteiger partial charge in [-0.25, -0.2) is 0 Å². The van der Waals surface area contributed by atoms with Crippen molar-refractivity contribution in [2.45, 2.75) is 26.2 Å². The third-order valence-corrected chi connectivity index (χ3v) is 5.70. The van der Waals surface area contributed by atoms with Gasteiger partial charge in [0, 0.05) is 32.1 Å². The lowest BCUT2D eigenvalue weighted by atomic mass is 9.90. The van der Waals surface area contributed by atoms with Crippen molar-refractivity contribution in [1.29, 1.82) is 0 Å². The van der Waals surface area contributed by atoms with Gasteiger partial charge in [-0.05, 0) is 38.3 Å². The summed E-state index contributed by atoms with van der Waals surface area (Å²) in [5, 5.41) is 9.34. The van der Waals surface area contributed by atoms with Gasteiger partial charge in [-0.2, -0.15) is 4.98 Å². The number of anilines is 1. The Kier molecular flexibility index (Phi) is 4.09. The van der Waals surface area contributed by atoms with Gasteiger partial charge in [0.25, 0.3) is 6.01 Å². The number of fused-ring (bicyclic) bond motifs is 1. The van der Waals surface area contributed by atoms with Crippen LogP contribution in [-0.2, 0) is 9.59 Å². The first-order chi connectivity index (χ1) is 12.5. The maximum absolute atomic E-state index is 12.8. The minimum absolute atomic E-state index is 0.0493. The smallest absolute Gasteiger partial charge is 0.311 e. The van der Waals surface area contributed by atoms with Crippen LogP contribution in [0.2, 0.25) is 0 Å². The highest BCUT2D eigenvalue weighted by Gasteiger charge is 2.43. The number of likely N-dealkylation sites (tertiary alicyclic amines) is 1. The maximum Gasteiger partial charge on any atom is 0.311 e. The van der Waals surface area contributed by atoms with Gasteiger partial charge in [-0.3, -0.25) is 9.59 Å². The van der Waals surface area contributed by atoms with E-state index in [1.165, 1.54) is 0 Å². The van der Waals surface area contributed by atoms with Crippen LogP contribution in [0.15, 0.2) is 28.7 Å². The topological polar surface area (TPSA) is 86.9 Å². The first kappa shape index (κ1) is 16.9. The number of aliphatic carboxylic acids is 1. The van der Waals surface area contributed by atoms with E-state index in [1.54, 1.807) is 11.8 Å². The molecule has 0 bridgehead atoms. The summed E-state index contributed by atoms with van der Waals surface area (Å²) in [4.78, 5) is 32.5. The van der Waals surface area contributed by atoms with E-state index in [9.17, 15) is 14.7 Å². The van der Waals surface area contributed by atoms with Gasteiger partial charge < -0.3 is 19.3 Å². The molecule has 2 aliphatic rings. The van der Waals surface area contributed by atoms with Gasteiger partial charge in [-0.1, -0.05) is 12.1 Å². The number of carboxylic acids is 1. The molecule has 1 unspecified atom stereocenters. The van der Waals surface area contributed by atoms with Crippen molar-refractivity contribution in [1.82, 2.24) is 9.88 Å². The average Bonchev–Trinajstić information content (AvgIpc) is 3.26. The van der Waals surface area contributed by atoms with Crippen LogP contribution in [0, 0.1) is 11.3 Å². The van der Waals surface area contributed by atoms with Crippen LogP contribution >= 0.6 is 0 Å². The van der Waals surface area contributed by atoms with Crippen LogP contribution in [0.5, 0.6) is 0 Å². The Balaban J connectivity index is 1.37. The first-order valence-corrected chi connectivity index (χ1v) is 9.09. The van der Waals surface area contributed by atoms with E-state index in [0.717, 1.165) is 23.9 Å². The van der Waals surface area contributed by atoms with Crippen molar-refractivity contribution in [2.24, 2.45) is 11.3 Å². The van der Waals surface area contributed by atoms with Crippen molar-refractivity contribution in [3.8, 4) is 0 Å². The Hall–Kier alpha value is -2.57. The lowest BCUT2D eigenvalue weighted by Gasteiger charge is -2.32. The zero-order chi connectivity index (χ0) is 18.3. The Labute approximate surface area is 151 Å². The fourth-order valence-corrected chi connectivity index (χ4v) is 3.89. The van der Waals surface area contributed by atoms with Crippen molar-refractivity contribution in [2.75, 3.05) is 31.1 Å². The van der Waals surface area contributed by atoms with Crippen molar-refractivity contribution < 1.29 is 19.1 Å². The van der Waals surface area contributed by atoms with Crippen LogP contribution in [0.4, 0.5) is 6.01 Å². The molecule has 0 aliphatic carbocycles. The van der Waals surface area contributed by atoms with Gasteiger partial charge in [0.1, 0.15) is 5.52 Å². The summed E-state index contributed by atoms with van der Waals surface area (Å²) >= 11 is 0. The monoisotopic (exact) mass is 357 g/mol. The average molecular weight is 357 g/mol. The molecule has 4 rings (SSSR count). The van der Waals surface area contributed by atoms with Crippen LogP contribution in [0.1, 0.15) is 26.2 Å². The van der Waals surface area contributed by atoms with Crippen LogP contribution in [0.3, 0.4) is 0 Å². The number of hydrogen-bond acceptors (Lipinski definition) is 5. The van der Waals surface area contributed by atoms with E-state index < -0.39 is 11.4 Å². The van der Waals surface area contributed by atoms with Crippen LogP contribution < -0.4 is 4.90 Å². The normalized spacial score (nSPS) is 24.3. The van der Waals surface area contributed by atoms with Crippen LogP contribution in [0.25, 0.3) is 11.1 Å². The number of carbonyl (C=O) groups is 2. The van der Waals surface area contributed by atoms with Gasteiger partial charge in [0.15, 0.2) is 5.58 Å². The molecule has 1 aromatic heterocycles. The maximum atomic E-state index is 12.8. The van der Waals surface area contributed by atoms with Crippen molar-refractivity contribution in [3.63, 3.8) is 0 Å². The summed E-state index contributed by atoms with van der Waals surface area (Å²) < 4.78 is 5.81. The number of oxazole rings is 1. The lowest BCUT2D eigenvalue weighted by Crippen LogP contribution is -2.43. The zero-order valence-electron chi connectivity index (χ0n) is 14.9. The van der Waals surface area contributed by atoms with Gasteiger partial charge >= 0.3 is 5.97 Å². The predicted octanol–water partition coefficient (Wildman–Crippen LogP) is 2.37. The Morgan fingerprint density at radius 3 is 2.62 bits per heavy atom. The number of hydrogen-bond donors (Lipinski definition) is 1. The number of amides is 1. The second-order valence-electron chi connectivity index (χ2n) is 7.60. The fourth-order valence-electron chi connectivity index (χ4n) is 3.89. The first-order valence-electron chi connectivity index (χ1n) is 9.09. The van der Waals surface area contributed by atoms with Crippen molar-refractivity contribution in [3.05, 3.63) is 24.3 Å². The SMILES string of the molecule is CC1(C(=O)O)CCN(C(=O)C2CCN(c3nc4ccccc4o3)CC2)C1. The molecule has 138 valence electrons.